The maximum Gasteiger partial charge on any atom is 0.0662 e. The van der Waals surface area contributed by atoms with E-state index in [9.17, 15) is 0 Å². The van der Waals surface area contributed by atoms with Crippen molar-refractivity contribution in [3.05, 3.63) is 36.0 Å². The first-order valence-electron chi connectivity index (χ1n) is 5.32. The van der Waals surface area contributed by atoms with E-state index in [1.807, 2.05) is 6.20 Å². The summed E-state index contributed by atoms with van der Waals surface area (Å²) in [5.74, 6) is 0. The van der Waals surface area contributed by atoms with E-state index in [2.05, 4.69) is 34.6 Å². The molecular weight excluding hydrogens is 224 g/mol. The van der Waals surface area contributed by atoms with Gasteiger partial charge in [-0.3, -0.25) is 0 Å². The fourth-order valence-electron chi connectivity index (χ4n) is 2.18. The minimum atomic E-state index is 0. The third-order valence-electron chi connectivity index (χ3n) is 2.93. The first-order chi connectivity index (χ1) is 7.45. The summed E-state index contributed by atoms with van der Waals surface area (Å²) in [4.78, 5) is 3.23. The Kier molecular flexibility index (Phi) is 3.49. The van der Waals surface area contributed by atoms with Crippen LogP contribution in [-0.4, -0.2) is 24.7 Å². The van der Waals surface area contributed by atoms with Gasteiger partial charge in [-0.2, -0.15) is 0 Å². The van der Waals surface area contributed by atoms with Gasteiger partial charge in [0.1, 0.15) is 0 Å². The molecule has 0 spiro atoms. The Hall–Kier alpha value is -1.03. The van der Waals surface area contributed by atoms with E-state index in [0.717, 1.165) is 19.8 Å². The van der Waals surface area contributed by atoms with Gasteiger partial charge in [-0.15, -0.1) is 12.4 Å². The lowest BCUT2D eigenvalue weighted by Crippen LogP contribution is -2.34. The van der Waals surface area contributed by atoms with E-state index < -0.39 is 0 Å². The highest BCUT2D eigenvalue weighted by Crippen LogP contribution is 2.24. The molecule has 4 heteroatoms. The summed E-state index contributed by atoms with van der Waals surface area (Å²) < 4.78 is 5.49. The normalized spacial score (nSPS) is 20.6. The molecule has 16 heavy (non-hydrogen) atoms. The Morgan fingerprint density at radius 2 is 2.19 bits per heavy atom. The highest BCUT2D eigenvalue weighted by atomic mass is 35.5. The van der Waals surface area contributed by atoms with E-state index >= 15 is 0 Å². The van der Waals surface area contributed by atoms with Crippen LogP contribution in [0, 0.1) is 0 Å². The first-order valence-corrected chi connectivity index (χ1v) is 5.32. The van der Waals surface area contributed by atoms with Crippen LogP contribution in [0.4, 0.5) is 0 Å². The number of benzene rings is 1. The number of H-pyrrole nitrogens is 1. The van der Waals surface area contributed by atoms with Crippen molar-refractivity contribution in [1.29, 1.82) is 0 Å². The van der Waals surface area contributed by atoms with Crippen molar-refractivity contribution in [2.45, 2.75) is 6.04 Å². The minimum Gasteiger partial charge on any atom is -0.378 e. The maximum atomic E-state index is 5.49. The Morgan fingerprint density at radius 3 is 3.00 bits per heavy atom. The van der Waals surface area contributed by atoms with Crippen LogP contribution in [0.15, 0.2) is 30.5 Å². The number of hydrogen-bond donors (Lipinski definition) is 2. The van der Waals surface area contributed by atoms with Crippen molar-refractivity contribution >= 4 is 23.3 Å². The van der Waals surface area contributed by atoms with Crippen LogP contribution in [0.2, 0.25) is 0 Å². The fourth-order valence-corrected chi connectivity index (χ4v) is 2.18. The molecule has 86 valence electrons. The van der Waals surface area contributed by atoms with Gasteiger partial charge < -0.3 is 15.0 Å². The summed E-state index contributed by atoms with van der Waals surface area (Å²) >= 11 is 0. The molecule has 0 unspecified atom stereocenters. The maximum absolute atomic E-state index is 5.49. The summed E-state index contributed by atoms with van der Waals surface area (Å²) in [5.41, 5.74) is 2.52. The molecule has 1 aromatic carbocycles. The second-order valence-corrected chi connectivity index (χ2v) is 3.87. The van der Waals surface area contributed by atoms with Crippen molar-refractivity contribution in [3.63, 3.8) is 0 Å². The van der Waals surface area contributed by atoms with Crippen LogP contribution >= 0.6 is 12.4 Å². The molecule has 1 aliphatic heterocycles. The summed E-state index contributed by atoms with van der Waals surface area (Å²) in [6.45, 7) is 2.52. The van der Waals surface area contributed by atoms with E-state index in [1.54, 1.807) is 0 Å². The second-order valence-electron chi connectivity index (χ2n) is 3.87. The second kappa shape index (κ2) is 4.87. The van der Waals surface area contributed by atoms with E-state index in [4.69, 9.17) is 4.74 Å². The molecule has 3 rings (SSSR count). The van der Waals surface area contributed by atoms with Crippen LogP contribution in [-0.2, 0) is 4.74 Å². The molecule has 1 aromatic heterocycles. The summed E-state index contributed by atoms with van der Waals surface area (Å²) in [5, 5.41) is 4.77. The molecule has 1 fully saturated rings. The molecule has 0 bridgehead atoms. The highest BCUT2D eigenvalue weighted by Gasteiger charge is 2.17. The van der Waals surface area contributed by atoms with Gasteiger partial charge in [-0.25, -0.2) is 0 Å². The average molecular weight is 239 g/mol. The number of ether oxygens (including phenoxy) is 1. The summed E-state index contributed by atoms with van der Waals surface area (Å²) in [7, 11) is 0. The largest absolute Gasteiger partial charge is 0.378 e. The molecule has 0 saturated carbocycles. The zero-order chi connectivity index (χ0) is 10.1. The van der Waals surface area contributed by atoms with Crippen molar-refractivity contribution in [1.82, 2.24) is 10.3 Å². The molecule has 3 nitrogen and oxygen atoms in total. The Labute approximate surface area is 101 Å². The minimum absolute atomic E-state index is 0. The predicted octanol–water partition coefficient (Wildman–Crippen LogP) is 2.25. The third kappa shape index (κ3) is 1.94. The highest BCUT2D eigenvalue weighted by molar-refractivity contribution is 5.85. The number of rotatable bonds is 1. The van der Waals surface area contributed by atoms with Gasteiger partial charge in [-0.1, -0.05) is 12.1 Å². The van der Waals surface area contributed by atoms with Crippen molar-refractivity contribution < 1.29 is 4.74 Å². The zero-order valence-corrected chi connectivity index (χ0v) is 9.72. The number of aromatic nitrogens is 1. The van der Waals surface area contributed by atoms with Gasteiger partial charge in [0.15, 0.2) is 0 Å². The number of fused-ring (bicyclic) bond motifs is 1. The van der Waals surface area contributed by atoms with Gasteiger partial charge in [0.25, 0.3) is 0 Å². The molecule has 2 heterocycles. The Balaban J connectivity index is 0.000000963. The van der Waals surface area contributed by atoms with Crippen molar-refractivity contribution in [2.75, 3.05) is 19.8 Å². The van der Waals surface area contributed by atoms with Gasteiger partial charge in [0.05, 0.1) is 19.3 Å². The molecule has 1 saturated heterocycles. The van der Waals surface area contributed by atoms with Crippen LogP contribution in [0.3, 0.4) is 0 Å². The fraction of sp³-hybridized carbons (Fsp3) is 0.333. The van der Waals surface area contributed by atoms with Crippen LogP contribution in [0.5, 0.6) is 0 Å². The van der Waals surface area contributed by atoms with Crippen molar-refractivity contribution in [2.24, 2.45) is 0 Å². The lowest BCUT2D eigenvalue weighted by molar-refractivity contribution is 0.0773. The summed E-state index contributed by atoms with van der Waals surface area (Å²) in [6, 6.07) is 8.81. The van der Waals surface area contributed by atoms with E-state index in [0.29, 0.717) is 6.04 Å². The van der Waals surface area contributed by atoms with Gasteiger partial charge >= 0.3 is 0 Å². The number of nitrogens with one attached hydrogen (secondary N) is 2. The molecule has 0 amide bonds. The molecule has 0 radical (unpaired) electrons. The first kappa shape index (κ1) is 11.5. The Bertz CT molecular complexity index is 463. The quantitative estimate of drug-likeness (QED) is 0.800. The number of morpholine rings is 1. The number of hydrogen-bond acceptors (Lipinski definition) is 2. The van der Waals surface area contributed by atoms with Crippen LogP contribution in [0.1, 0.15) is 11.6 Å². The molecule has 2 aromatic rings. The SMILES string of the molecule is Cl.c1cc([C@@H]2COCCN2)c2cc[nH]c2c1. The van der Waals surface area contributed by atoms with Crippen LogP contribution in [0.25, 0.3) is 10.9 Å². The molecular formula is C12H15ClN2O. The zero-order valence-electron chi connectivity index (χ0n) is 8.90. The standard InChI is InChI=1S/C12H14N2O.ClH/c1-2-9(12-8-15-7-6-14-12)10-4-5-13-11(10)3-1;/h1-5,12-14H,6-8H2;1H/t12-;/m0./s1. The van der Waals surface area contributed by atoms with E-state index in [1.165, 1.54) is 16.5 Å². The number of halogens is 1. The molecule has 2 N–H and O–H groups in total. The molecule has 1 aliphatic rings. The summed E-state index contributed by atoms with van der Waals surface area (Å²) in [6.07, 6.45) is 1.98. The molecule has 1 atom stereocenters. The lowest BCUT2D eigenvalue weighted by Gasteiger charge is -2.24. The monoisotopic (exact) mass is 238 g/mol. The van der Waals surface area contributed by atoms with Gasteiger partial charge in [0.2, 0.25) is 0 Å². The predicted molar refractivity (Wildman–Crippen MR) is 67.1 cm³/mol. The van der Waals surface area contributed by atoms with Gasteiger partial charge in [0, 0.05) is 23.6 Å². The average Bonchev–Trinajstić information content (AvgIpc) is 2.78. The van der Waals surface area contributed by atoms with E-state index in [-0.39, 0.29) is 12.4 Å². The topological polar surface area (TPSA) is 37.0 Å². The van der Waals surface area contributed by atoms with Crippen LogP contribution < -0.4 is 5.32 Å². The Morgan fingerprint density at radius 1 is 1.25 bits per heavy atom. The number of aromatic amines is 1. The third-order valence-corrected chi connectivity index (χ3v) is 2.93. The smallest absolute Gasteiger partial charge is 0.0662 e. The lowest BCUT2D eigenvalue weighted by atomic mass is 10.0. The van der Waals surface area contributed by atoms with Gasteiger partial charge in [-0.05, 0) is 17.7 Å². The molecule has 0 aliphatic carbocycles. The van der Waals surface area contributed by atoms with Crippen molar-refractivity contribution in [3.8, 4) is 0 Å².